The first-order valence-electron chi connectivity index (χ1n) is 8.89. The molecule has 25 heavy (non-hydrogen) atoms. The standard InChI is InChI=1S/C19H24N2O4/c22-17-5-2-8-21(17)12-14-4-1-3-13(9-14)11-20-18(23)15-6-7-16(10-15)19(24)25/h1,3-4,9,15-16H,2,5-8,10-12H2,(H,20,23)(H,24,25). The Hall–Kier alpha value is -2.37. The number of hydrogen-bond donors (Lipinski definition) is 2. The summed E-state index contributed by atoms with van der Waals surface area (Å²) in [6.45, 7) is 1.85. The van der Waals surface area contributed by atoms with Crippen LogP contribution in [0.4, 0.5) is 0 Å². The highest BCUT2D eigenvalue weighted by Gasteiger charge is 2.33. The van der Waals surface area contributed by atoms with E-state index < -0.39 is 11.9 Å². The van der Waals surface area contributed by atoms with Crippen molar-refractivity contribution in [2.24, 2.45) is 11.8 Å². The van der Waals surface area contributed by atoms with Gasteiger partial charge >= 0.3 is 5.97 Å². The molecule has 0 aromatic heterocycles. The number of likely N-dealkylation sites (tertiary alicyclic amines) is 1. The molecule has 0 radical (unpaired) electrons. The lowest BCUT2D eigenvalue weighted by Crippen LogP contribution is -2.29. The average Bonchev–Trinajstić information content (AvgIpc) is 3.23. The zero-order valence-electron chi connectivity index (χ0n) is 14.2. The van der Waals surface area contributed by atoms with Crippen LogP contribution in [0.1, 0.15) is 43.2 Å². The third kappa shape index (κ3) is 4.38. The Labute approximate surface area is 147 Å². The molecular formula is C19H24N2O4. The Bertz CT molecular complexity index is 673. The van der Waals surface area contributed by atoms with E-state index in [9.17, 15) is 14.4 Å². The first-order valence-corrected chi connectivity index (χ1v) is 8.89. The van der Waals surface area contributed by atoms with Crippen molar-refractivity contribution >= 4 is 17.8 Å². The van der Waals surface area contributed by atoms with Gasteiger partial charge in [0.1, 0.15) is 0 Å². The molecule has 6 heteroatoms. The van der Waals surface area contributed by atoms with Crippen LogP contribution in [0.3, 0.4) is 0 Å². The van der Waals surface area contributed by atoms with Crippen molar-refractivity contribution in [2.45, 2.75) is 45.2 Å². The fraction of sp³-hybridized carbons (Fsp3) is 0.526. The van der Waals surface area contributed by atoms with E-state index in [2.05, 4.69) is 5.32 Å². The molecule has 1 aliphatic carbocycles. The minimum absolute atomic E-state index is 0.0659. The first kappa shape index (κ1) is 17.5. The summed E-state index contributed by atoms with van der Waals surface area (Å²) in [7, 11) is 0. The maximum atomic E-state index is 12.2. The van der Waals surface area contributed by atoms with Crippen molar-refractivity contribution in [3.05, 3.63) is 35.4 Å². The maximum absolute atomic E-state index is 12.2. The monoisotopic (exact) mass is 344 g/mol. The van der Waals surface area contributed by atoms with Crippen molar-refractivity contribution in [3.8, 4) is 0 Å². The molecule has 6 nitrogen and oxygen atoms in total. The Morgan fingerprint density at radius 2 is 1.96 bits per heavy atom. The van der Waals surface area contributed by atoms with Gasteiger partial charge in [-0.15, -0.1) is 0 Å². The minimum atomic E-state index is -0.806. The second kappa shape index (κ2) is 7.68. The van der Waals surface area contributed by atoms with Crippen LogP contribution in [0.2, 0.25) is 0 Å². The molecule has 2 atom stereocenters. The number of carbonyl (C=O) groups excluding carboxylic acids is 2. The third-order valence-corrected chi connectivity index (χ3v) is 5.16. The summed E-state index contributed by atoms with van der Waals surface area (Å²) in [4.78, 5) is 36.8. The molecular weight excluding hydrogens is 320 g/mol. The van der Waals surface area contributed by atoms with Gasteiger partial charge in [0, 0.05) is 32.0 Å². The number of carboxylic acids is 1. The smallest absolute Gasteiger partial charge is 0.306 e. The zero-order chi connectivity index (χ0) is 17.8. The SMILES string of the molecule is O=C(O)C1CCC(C(=O)NCc2cccc(CN3CCCC3=O)c2)C1. The highest BCUT2D eigenvalue weighted by molar-refractivity contribution is 5.81. The second-order valence-electron chi connectivity index (χ2n) is 7.00. The molecule has 1 aromatic rings. The van der Waals surface area contributed by atoms with Gasteiger partial charge < -0.3 is 15.3 Å². The normalized spacial score (nSPS) is 23.0. The molecule has 1 aromatic carbocycles. The quantitative estimate of drug-likeness (QED) is 0.825. The molecule has 1 saturated carbocycles. The summed E-state index contributed by atoms with van der Waals surface area (Å²) in [5, 5.41) is 11.9. The number of carboxylic acid groups (broad SMARTS) is 1. The summed E-state index contributed by atoms with van der Waals surface area (Å²) < 4.78 is 0. The zero-order valence-corrected chi connectivity index (χ0v) is 14.2. The topological polar surface area (TPSA) is 86.7 Å². The highest BCUT2D eigenvalue weighted by Crippen LogP contribution is 2.31. The van der Waals surface area contributed by atoms with E-state index in [1.165, 1.54) is 0 Å². The highest BCUT2D eigenvalue weighted by atomic mass is 16.4. The predicted octanol–water partition coefficient (Wildman–Crippen LogP) is 1.93. The number of rotatable bonds is 6. The average molecular weight is 344 g/mol. The lowest BCUT2D eigenvalue weighted by atomic mass is 10.0. The van der Waals surface area contributed by atoms with Crippen molar-refractivity contribution in [2.75, 3.05) is 6.54 Å². The van der Waals surface area contributed by atoms with Crippen LogP contribution in [-0.2, 0) is 27.5 Å². The van der Waals surface area contributed by atoms with E-state index in [4.69, 9.17) is 5.11 Å². The van der Waals surface area contributed by atoms with Gasteiger partial charge in [-0.1, -0.05) is 24.3 Å². The van der Waals surface area contributed by atoms with E-state index in [0.29, 0.717) is 38.8 Å². The minimum Gasteiger partial charge on any atom is -0.481 e. The summed E-state index contributed by atoms with van der Waals surface area (Å²) in [6, 6.07) is 7.89. The van der Waals surface area contributed by atoms with Crippen LogP contribution < -0.4 is 5.32 Å². The van der Waals surface area contributed by atoms with Gasteiger partial charge in [0.05, 0.1) is 5.92 Å². The van der Waals surface area contributed by atoms with E-state index in [1.54, 1.807) is 0 Å². The van der Waals surface area contributed by atoms with Crippen LogP contribution in [0, 0.1) is 11.8 Å². The van der Waals surface area contributed by atoms with Gasteiger partial charge in [-0.25, -0.2) is 0 Å². The van der Waals surface area contributed by atoms with Gasteiger partial charge in [-0.3, -0.25) is 14.4 Å². The molecule has 0 spiro atoms. The molecule has 2 N–H and O–H groups in total. The molecule has 1 aliphatic heterocycles. The van der Waals surface area contributed by atoms with Crippen LogP contribution in [-0.4, -0.2) is 34.3 Å². The van der Waals surface area contributed by atoms with E-state index in [1.807, 2.05) is 29.2 Å². The second-order valence-corrected chi connectivity index (χ2v) is 7.00. The number of carbonyl (C=O) groups is 3. The predicted molar refractivity (Wildman–Crippen MR) is 91.4 cm³/mol. The summed E-state index contributed by atoms with van der Waals surface area (Å²) in [5.74, 6) is -1.26. The Kier molecular flexibility index (Phi) is 5.36. The molecule has 134 valence electrons. The first-order chi connectivity index (χ1) is 12.0. The molecule has 1 heterocycles. The lowest BCUT2D eigenvalue weighted by molar-refractivity contribution is -0.141. The Morgan fingerprint density at radius 3 is 2.64 bits per heavy atom. The summed E-state index contributed by atoms with van der Waals surface area (Å²) >= 11 is 0. The Balaban J connectivity index is 1.51. The number of benzene rings is 1. The van der Waals surface area contributed by atoms with Gasteiger partial charge in [0.25, 0.3) is 0 Å². The lowest BCUT2D eigenvalue weighted by Gasteiger charge is -2.16. The fourth-order valence-electron chi connectivity index (χ4n) is 3.71. The van der Waals surface area contributed by atoms with Crippen LogP contribution in [0.5, 0.6) is 0 Å². The van der Waals surface area contributed by atoms with Gasteiger partial charge in [-0.2, -0.15) is 0 Å². The van der Waals surface area contributed by atoms with Crippen LogP contribution in [0.15, 0.2) is 24.3 Å². The molecule has 2 fully saturated rings. The van der Waals surface area contributed by atoms with Gasteiger partial charge in [0.2, 0.25) is 11.8 Å². The molecule has 2 unspecified atom stereocenters. The number of hydrogen-bond acceptors (Lipinski definition) is 3. The molecule has 0 bridgehead atoms. The molecule has 3 rings (SSSR count). The summed E-state index contributed by atoms with van der Waals surface area (Å²) in [5.41, 5.74) is 2.05. The van der Waals surface area contributed by atoms with Crippen molar-refractivity contribution in [1.82, 2.24) is 10.2 Å². The van der Waals surface area contributed by atoms with E-state index in [-0.39, 0.29) is 17.7 Å². The third-order valence-electron chi connectivity index (χ3n) is 5.16. The van der Waals surface area contributed by atoms with Crippen molar-refractivity contribution < 1.29 is 19.5 Å². The number of aliphatic carboxylic acids is 1. The molecule has 2 aliphatic rings. The van der Waals surface area contributed by atoms with Crippen LogP contribution >= 0.6 is 0 Å². The van der Waals surface area contributed by atoms with Crippen LogP contribution in [0.25, 0.3) is 0 Å². The van der Waals surface area contributed by atoms with Gasteiger partial charge in [-0.05, 0) is 36.8 Å². The molecule has 1 saturated heterocycles. The molecule has 2 amide bonds. The Morgan fingerprint density at radius 1 is 1.20 bits per heavy atom. The van der Waals surface area contributed by atoms with Crippen molar-refractivity contribution in [3.63, 3.8) is 0 Å². The number of nitrogens with zero attached hydrogens (tertiary/aromatic N) is 1. The fourth-order valence-corrected chi connectivity index (χ4v) is 3.71. The maximum Gasteiger partial charge on any atom is 0.306 e. The summed E-state index contributed by atoms with van der Waals surface area (Å²) in [6.07, 6.45) is 3.20. The van der Waals surface area contributed by atoms with E-state index >= 15 is 0 Å². The largest absolute Gasteiger partial charge is 0.481 e. The van der Waals surface area contributed by atoms with Crippen molar-refractivity contribution in [1.29, 1.82) is 0 Å². The number of nitrogens with one attached hydrogen (secondary N) is 1. The van der Waals surface area contributed by atoms with Gasteiger partial charge in [0.15, 0.2) is 0 Å². The van der Waals surface area contributed by atoms with E-state index in [0.717, 1.165) is 24.1 Å². The number of amides is 2.